The molecule has 2 aromatic carbocycles. The zero-order chi connectivity index (χ0) is 30.4. The quantitative estimate of drug-likeness (QED) is 0.376. The third kappa shape index (κ3) is 4.15. The highest BCUT2D eigenvalue weighted by atomic mass is 16.7. The summed E-state index contributed by atoms with van der Waals surface area (Å²) in [6.45, 7) is 4.81. The molecule has 0 bridgehead atoms. The Bertz CT molecular complexity index is 1550. The first kappa shape index (κ1) is 28.4. The minimum Gasteiger partial charge on any atom is -0.507 e. The number of benzene rings is 2. The maximum atomic E-state index is 13.8. The average molecular weight is 596 g/mol. The molecule has 0 aromatic heterocycles. The van der Waals surface area contributed by atoms with Crippen LogP contribution in [0.25, 0.3) is 0 Å². The van der Waals surface area contributed by atoms with E-state index in [2.05, 4.69) is 4.90 Å². The minimum atomic E-state index is -1.97. The molecular weight excluding hydrogens is 562 g/mol. The molecule has 3 saturated heterocycles. The Balaban J connectivity index is 1.31. The molecule has 5 aliphatic rings. The Morgan fingerprint density at radius 3 is 2.60 bits per heavy atom. The Morgan fingerprint density at radius 2 is 1.86 bits per heavy atom. The summed E-state index contributed by atoms with van der Waals surface area (Å²) in [4.78, 5) is 42.4. The third-order valence-electron chi connectivity index (χ3n) is 9.55. The van der Waals surface area contributed by atoms with Gasteiger partial charge in [-0.2, -0.15) is 0 Å². The summed E-state index contributed by atoms with van der Waals surface area (Å²) in [5.74, 6) is -2.94. The molecule has 2 aliphatic carbocycles. The summed E-state index contributed by atoms with van der Waals surface area (Å²) in [7, 11) is 1.36. The van der Waals surface area contributed by atoms with Crippen molar-refractivity contribution in [1.29, 1.82) is 0 Å². The van der Waals surface area contributed by atoms with Crippen molar-refractivity contribution in [2.24, 2.45) is 0 Å². The molecule has 3 N–H and O–H groups in total. The summed E-state index contributed by atoms with van der Waals surface area (Å²) in [6, 6.07) is 4.48. The number of ketones is 3. The number of aromatic hydroxyl groups is 2. The minimum absolute atomic E-state index is 0.0104. The fourth-order valence-corrected chi connectivity index (χ4v) is 7.39. The summed E-state index contributed by atoms with van der Waals surface area (Å²) in [5, 5.41) is 34.7. The normalized spacial score (nSPS) is 33.2. The van der Waals surface area contributed by atoms with Gasteiger partial charge in [0, 0.05) is 48.5 Å². The number of aliphatic hydroxyl groups is 1. The molecule has 0 saturated carbocycles. The molecule has 7 atom stereocenters. The first-order chi connectivity index (χ1) is 20.5. The van der Waals surface area contributed by atoms with Gasteiger partial charge < -0.3 is 39.0 Å². The van der Waals surface area contributed by atoms with Crippen molar-refractivity contribution in [2.75, 3.05) is 26.9 Å². The van der Waals surface area contributed by atoms with E-state index in [0.717, 1.165) is 0 Å². The number of ether oxygens (including phenoxy) is 5. The number of fused-ring (bicyclic) bond motifs is 6. The lowest BCUT2D eigenvalue weighted by Gasteiger charge is -2.43. The van der Waals surface area contributed by atoms with Gasteiger partial charge in [-0.25, -0.2) is 0 Å². The van der Waals surface area contributed by atoms with Gasteiger partial charge in [-0.05, 0) is 19.9 Å². The fourth-order valence-electron chi connectivity index (χ4n) is 7.39. The maximum absolute atomic E-state index is 13.8. The second-order valence-corrected chi connectivity index (χ2v) is 11.9. The number of rotatable bonds is 4. The van der Waals surface area contributed by atoms with E-state index >= 15 is 0 Å². The smallest absolute Gasteiger partial charge is 0.202 e. The Kier molecular flexibility index (Phi) is 6.65. The summed E-state index contributed by atoms with van der Waals surface area (Å²) in [5.41, 5.74) is -2.74. The van der Waals surface area contributed by atoms with Gasteiger partial charge in [-0.3, -0.25) is 19.3 Å². The van der Waals surface area contributed by atoms with Crippen LogP contribution in [0.5, 0.6) is 17.2 Å². The zero-order valence-electron chi connectivity index (χ0n) is 24.0. The number of carbonyl (C=O) groups is 3. The van der Waals surface area contributed by atoms with Crippen molar-refractivity contribution in [1.82, 2.24) is 4.90 Å². The number of carbonyl (C=O) groups excluding carboxylic acids is 3. The van der Waals surface area contributed by atoms with Crippen LogP contribution in [-0.2, 0) is 30.2 Å². The standard InChI is InChI=1S/C31H33NO11/c1-13-30-17(32-7-8-40-12-20(32)43-30)9-21(41-13)42-19-11-31(38,14(2)33)10-16-23(19)29(37)25-24(27(16)35)26(34)15-5-4-6-18(39-3)22(15)28(25)36/h4-6,13,17,19-21,30,35,37-38H,7-12H2,1-3H3/t13-,17-,19-,20+,21-,30+,31-/m0/s1. The monoisotopic (exact) mass is 595 g/mol. The number of hydrogen-bond acceptors (Lipinski definition) is 12. The second kappa shape index (κ2) is 10.1. The molecule has 228 valence electrons. The summed E-state index contributed by atoms with van der Waals surface area (Å²) >= 11 is 0. The molecule has 12 heteroatoms. The second-order valence-electron chi connectivity index (χ2n) is 11.9. The van der Waals surface area contributed by atoms with E-state index in [4.69, 9.17) is 23.7 Å². The number of phenolic OH excluding ortho intramolecular Hbond substituents is 2. The number of nitrogens with zero attached hydrogens (tertiary/aromatic N) is 1. The van der Waals surface area contributed by atoms with Crippen molar-refractivity contribution in [2.45, 2.75) is 75.6 Å². The van der Waals surface area contributed by atoms with Crippen molar-refractivity contribution in [3.63, 3.8) is 0 Å². The molecule has 3 fully saturated rings. The lowest BCUT2D eigenvalue weighted by atomic mass is 9.72. The van der Waals surface area contributed by atoms with Crippen LogP contribution < -0.4 is 4.74 Å². The van der Waals surface area contributed by atoms with Crippen molar-refractivity contribution >= 4 is 17.3 Å². The predicted octanol–water partition coefficient (Wildman–Crippen LogP) is 1.77. The van der Waals surface area contributed by atoms with Gasteiger partial charge in [-0.15, -0.1) is 0 Å². The van der Waals surface area contributed by atoms with E-state index < -0.39 is 46.8 Å². The van der Waals surface area contributed by atoms with Crippen LogP contribution >= 0.6 is 0 Å². The fraction of sp³-hybridized carbons (Fsp3) is 0.516. The van der Waals surface area contributed by atoms with E-state index in [1.807, 2.05) is 6.92 Å². The van der Waals surface area contributed by atoms with Gasteiger partial charge in [0.1, 0.15) is 35.2 Å². The Labute approximate surface area is 247 Å². The van der Waals surface area contributed by atoms with E-state index in [9.17, 15) is 29.7 Å². The first-order valence-electron chi connectivity index (χ1n) is 14.4. The molecule has 3 heterocycles. The molecule has 0 amide bonds. The van der Waals surface area contributed by atoms with Gasteiger partial charge in [-0.1, -0.05) is 12.1 Å². The molecule has 0 radical (unpaired) electrons. The molecule has 3 aliphatic heterocycles. The lowest BCUT2D eigenvalue weighted by molar-refractivity contribution is -0.247. The van der Waals surface area contributed by atoms with Crippen LogP contribution in [0.15, 0.2) is 18.2 Å². The van der Waals surface area contributed by atoms with Crippen LogP contribution in [0.3, 0.4) is 0 Å². The molecule has 0 spiro atoms. The summed E-state index contributed by atoms with van der Waals surface area (Å²) < 4.78 is 29.7. The number of methoxy groups -OCH3 is 1. The van der Waals surface area contributed by atoms with E-state index in [-0.39, 0.29) is 76.4 Å². The molecular formula is C31H33NO11. The molecule has 12 nitrogen and oxygen atoms in total. The number of morpholine rings is 1. The van der Waals surface area contributed by atoms with Gasteiger partial charge >= 0.3 is 0 Å². The average Bonchev–Trinajstić information content (AvgIpc) is 3.36. The largest absolute Gasteiger partial charge is 0.507 e. The van der Waals surface area contributed by atoms with Gasteiger partial charge in [0.2, 0.25) is 5.78 Å². The SMILES string of the molecule is COc1cccc2c1C(=O)c1c(O)c3c(c(O)c1C2=O)C[C@@](O)(C(C)=O)C[C@@H]3O[C@H]1C[C@H]2[C@H](O[C@@H]3COCCN32)[C@H](C)O1. The predicted molar refractivity (Wildman–Crippen MR) is 146 cm³/mol. The lowest BCUT2D eigenvalue weighted by Crippen LogP contribution is -2.53. The van der Waals surface area contributed by atoms with Crippen molar-refractivity contribution < 1.29 is 53.4 Å². The van der Waals surface area contributed by atoms with E-state index in [1.54, 1.807) is 6.07 Å². The van der Waals surface area contributed by atoms with Crippen LogP contribution in [0, 0.1) is 0 Å². The van der Waals surface area contributed by atoms with Crippen LogP contribution in [0.1, 0.15) is 75.8 Å². The Morgan fingerprint density at radius 1 is 1.09 bits per heavy atom. The Hall–Kier alpha value is -3.39. The molecule has 2 aromatic rings. The van der Waals surface area contributed by atoms with Crippen LogP contribution in [0.4, 0.5) is 0 Å². The molecule has 7 rings (SSSR count). The highest BCUT2D eigenvalue weighted by molar-refractivity contribution is 6.31. The third-order valence-corrected chi connectivity index (χ3v) is 9.55. The highest BCUT2D eigenvalue weighted by Gasteiger charge is 2.53. The van der Waals surface area contributed by atoms with Crippen LogP contribution in [0.2, 0.25) is 0 Å². The number of hydrogen-bond donors (Lipinski definition) is 3. The topological polar surface area (TPSA) is 161 Å². The van der Waals surface area contributed by atoms with Crippen molar-refractivity contribution in [3.05, 3.63) is 51.6 Å². The number of Topliss-reactive ketones (excluding diaryl/α,β-unsaturated/α-hetero) is 1. The van der Waals surface area contributed by atoms with Crippen LogP contribution in [-0.4, -0.2) is 101 Å². The van der Waals surface area contributed by atoms with Gasteiger partial charge in [0.05, 0.1) is 49.2 Å². The van der Waals surface area contributed by atoms with E-state index in [0.29, 0.717) is 26.2 Å². The van der Waals surface area contributed by atoms with Gasteiger partial charge in [0.15, 0.2) is 17.9 Å². The highest BCUT2D eigenvalue weighted by Crippen LogP contribution is 2.53. The zero-order valence-corrected chi connectivity index (χ0v) is 24.0. The summed E-state index contributed by atoms with van der Waals surface area (Å²) in [6.07, 6.45) is -3.00. The maximum Gasteiger partial charge on any atom is 0.202 e. The van der Waals surface area contributed by atoms with Crippen molar-refractivity contribution in [3.8, 4) is 17.2 Å². The van der Waals surface area contributed by atoms with E-state index in [1.165, 1.54) is 26.2 Å². The first-order valence-corrected chi connectivity index (χ1v) is 14.4. The number of phenols is 2. The molecule has 43 heavy (non-hydrogen) atoms. The van der Waals surface area contributed by atoms with Gasteiger partial charge in [0.25, 0.3) is 0 Å². The molecule has 0 unspecified atom stereocenters.